The second-order valence-corrected chi connectivity index (χ2v) is 37.9. The van der Waals surface area contributed by atoms with Crippen molar-refractivity contribution in [3.63, 3.8) is 0 Å². The molecule has 632 valence electrons. The molecule has 8 fully saturated rings. The Balaban J connectivity index is 0.0000000985. The van der Waals surface area contributed by atoms with Gasteiger partial charge < -0.3 is 39.0 Å². The molecule has 0 spiro atoms. The van der Waals surface area contributed by atoms with E-state index in [9.17, 15) is 33.6 Å². The number of benzene rings is 5. The average Bonchev–Trinajstić information content (AvgIpc) is 1.63. The van der Waals surface area contributed by atoms with Gasteiger partial charge in [0.25, 0.3) is 0 Å². The number of carbonyl (C=O) groups is 7. The van der Waals surface area contributed by atoms with Gasteiger partial charge in [0.15, 0.2) is 0 Å². The molecule has 0 saturated carbocycles. The molecule has 7 amide bonds. The monoisotopic (exact) mass is 1630 g/mol. The fourth-order valence-corrected chi connectivity index (χ4v) is 24.7. The summed E-state index contributed by atoms with van der Waals surface area (Å²) < 4.78 is 5.32. The average molecular weight is 1630 g/mol. The molecule has 8 aliphatic carbocycles. The van der Waals surface area contributed by atoms with E-state index >= 15 is 0 Å². The largest absolute Gasteiger partial charge is 0.443 e. The normalized spacial score (nSPS) is 28.3. The van der Waals surface area contributed by atoms with Crippen molar-refractivity contribution in [2.75, 3.05) is 62.9 Å². The third-order valence-electron chi connectivity index (χ3n) is 31.2. The maximum absolute atomic E-state index is 11.8. The van der Waals surface area contributed by atoms with Crippen molar-refractivity contribution >= 4 is 41.5 Å². The van der Waals surface area contributed by atoms with Crippen LogP contribution in [0.15, 0.2) is 128 Å². The van der Waals surface area contributed by atoms with Crippen LogP contribution in [0.2, 0.25) is 0 Å². The zero-order valence-electron chi connectivity index (χ0n) is 73.8. The highest BCUT2D eigenvalue weighted by Gasteiger charge is 2.51. The molecule has 16 unspecified atom stereocenters. The molecule has 3 aromatic heterocycles. The van der Waals surface area contributed by atoms with Crippen molar-refractivity contribution in [1.82, 2.24) is 54.2 Å². The quantitative estimate of drug-likeness (QED) is 0.140. The van der Waals surface area contributed by atoms with Crippen LogP contribution in [0.1, 0.15) is 240 Å². The Hall–Kier alpha value is -10.4. The molecule has 24 rings (SSSR count). The van der Waals surface area contributed by atoms with Crippen molar-refractivity contribution in [3.8, 4) is 0 Å². The molecule has 16 atom stereocenters. The summed E-state index contributed by atoms with van der Waals surface area (Å²) in [4.78, 5) is 110. The van der Waals surface area contributed by atoms with Crippen LogP contribution in [-0.4, -0.2) is 165 Å². The first-order valence-corrected chi connectivity index (χ1v) is 44.5. The lowest BCUT2D eigenvalue weighted by molar-refractivity contribution is -0.136. The maximum Gasteiger partial charge on any atom is 0.410 e. The Morgan fingerprint density at radius 1 is 0.289 bits per heavy atom. The summed E-state index contributed by atoms with van der Waals surface area (Å²) >= 11 is 0. The number of fused-ring (bicyclic) bond motifs is 24. The van der Waals surface area contributed by atoms with Gasteiger partial charge >= 0.3 is 6.09 Å². The summed E-state index contributed by atoms with van der Waals surface area (Å²) in [5.74, 6) is 5.80. The molecule has 0 N–H and O–H groups in total. The molecule has 11 heterocycles. The van der Waals surface area contributed by atoms with E-state index < -0.39 is 0 Å². The Kier molecular flexibility index (Phi) is 22.7. The Bertz CT molecular complexity index is 4980. The lowest BCUT2D eigenvalue weighted by Crippen LogP contribution is -2.38. The second kappa shape index (κ2) is 33.1. The molecule has 8 aliphatic heterocycles. The van der Waals surface area contributed by atoms with Gasteiger partial charge in [-0.25, -0.2) is 4.79 Å². The van der Waals surface area contributed by atoms with E-state index in [0.29, 0.717) is 103 Å². The maximum atomic E-state index is 11.8. The lowest BCUT2D eigenvalue weighted by Gasteiger charge is -2.35. The summed E-state index contributed by atoms with van der Waals surface area (Å²) in [6.45, 7) is 18.5. The first kappa shape index (κ1) is 82.9. The van der Waals surface area contributed by atoms with E-state index in [1.807, 2.05) is 110 Å². The number of likely N-dealkylation sites (tertiary alicyclic amines) is 7. The molecule has 8 aromatic rings. The Labute approximate surface area is 715 Å². The highest BCUT2D eigenvalue weighted by atomic mass is 16.6. The van der Waals surface area contributed by atoms with Crippen LogP contribution in [-0.2, 0) is 84.9 Å². The number of carbonyl (C=O) groups excluding carboxylic acids is 7. The number of nitrogens with zero attached hydrogens (tertiary/aromatic N) is 11. The number of ether oxygens (including phenoxy) is 1. The van der Waals surface area contributed by atoms with Crippen molar-refractivity contribution in [2.24, 2.45) is 41.4 Å². The van der Waals surface area contributed by atoms with E-state index in [0.717, 1.165) is 94.0 Å². The fourth-order valence-electron chi connectivity index (χ4n) is 24.7. The van der Waals surface area contributed by atoms with Gasteiger partial charge in [0.1, 0.15) is 6.10 Å². The van der Waals surface area contributed by atoms with Crippen molar-refractivity contribution in [1.29, 1.82) is 0 Å². The zero-order valence-corrected chi connectivity index (χ0v) is 73.8. The molecule has 16 aliphatic rings. The molecule has 19 nitrogen and oxygen atoms in total. The van der Waals surface area contributed by atoms with Crippen LogP contribution in [0.5, 0.6) is 0 Å². The van der Waals surface area contributed by atoms with Gasteiger partial charge in [-0.1, -0.05) is 91.0 Å². The zero-order chi connectivity index (χ0) is 85.2. The number of rotatable bonds is 0. The smallest absolute Gasteiger partial charge is 0.410 e. The number of hydrogen-bond donors (Lipinski definition) is 0. The Morgan fingerprint density at radius 3 is 1.17 bits per heavy atom. The number of hydrogen-bond acceptors (Lipinski definition) is 12. The molecule has 5 aromatic carbocycles. The van der Waals surface area contributed by atoms with E-state index in [4.69, 9.17) is 4.74 Å². The SMILES string of the molecule is Cc1cccc2c1CC1CC(=O)N(C)C21.Cc1cccc2c1CC1CCC(=O)N(C)C21.Cc1cccc2c1CC1CCN(C)C21.Cc1cccc2c1CC1OC(=O)N(C)C21.Cc1cccc2c1CCC1CC(=O)N(C)C21.Cc1ccnc2c1CC1CC(=O)N(C)C21.Cc1cncc2c1CC1CC(=O)N(C)C21.Cc1nccc2c1CC1CC(=O)N(C)C21. The standard InChI is InChI=1S/2C14H17NO.C13H15NO.C13H17N.3C12H14N2O.C12H13NO2/c1-9-4-3-5-12-11(9)7-6-10-8-13(16)15(2)14(10)12;1-9-4-3-5-11-12(9)8-10-6-7-13(16)15(2)14(10)11;1-8-4-3-5-10-11(8)6-9-7-12(15)14(2)13(9)10;1-9-4-3-5-11-12(9)8-10-6-7-14(2)13(10)11;1-7-5-13-6-10-9(7)3-8-4-11(15)14(2)12(8)10;1-7-10-5-8-6-11(15)14(2)12(8)9(10)3-4-13-7;1-7-3-4-13-11-9(7)5-8-6-10(15)14(2)12(8)11;1-7-4-3-5-8-9(7)6-10-11(8)13(2)12(14)15-10/h2*3-5,10,14H,6-8H2,1-2H3;3-5,9,13H,6-7H2,1-2H3;3-5,10,13H,6-8H2,1-2H3;5-6,8,12H,3-4H2,1-2H3;2*3-4,8,12H,5-6H2,1-2H3;3-5,10-11H,6H2,1-2H3. The summed E-state index contributed by atoms with van der Waals surface area (Å²) in [6.07, 6.45) is 24.0. The number of aromatic nitrogens is 3. The summed E-state index contributed by atoms with van der Waals surface area (Å²) in [5, 5.41) is 0. The second-order valence-electron chi connectivity index (χ2n) is 37.9. The van der Waals surface area contributed by atoms with Gasteiger partial charge in [-0.05, 0) is 309 Å². The van der Waals surface area contributed by atoms with Crippen LogP contribution < -0.4 is 0 Å². The fraction of sp³-hybridized carbons (Fsp3) is 0.490. The van der Waals surface area contributed by atoms with E-state index in [2.05, 4.69) is 179 Å². The van der Waals surface area contributed by atoms with Crippen LogP contribution in [0.25, 0.3) is 0 Å². The van der Waals surface area contributed by atoms with Crippen LogP contribution in [0.3, 0.4) is 0 Å². The third-order valence-corrected chi connectivity index (χ3v) is 31.2. The van der Waals surface area contributed by atoms with Crippen LogP contribution in [0, 0.1) is 96.8 Å². The molecular formula is C102H121N11O8. The predicted octanol–water partition coefficient (Wildman–Crippen LogP) is 16.0. The van der Waals surface area contributed by atoms with E-state index in [-0.39, 0.29) is 42.0 Å². The van der Waals surface area contributed by atoms with Gasteiger partial charge in [-0.15, -0.1) is 0 Å². The van der Waals surface area contributed by atoms with Crippen molar-refractivity contribution < 1.29 is 38.3 Å². The number of amides is 7. The molecular weight excluding hydrogens is 1510 g/mol. The van der Waals surface area contributed by atoms with Gasteiger partial charge in [0, 0.05) is 131 Å². The van der Waals surface area contributed by atoms with Gasteiger partial charge in [0.05, 0.1) is 48.0 Å². The predicted molar refractivity (Wildman–Crippen MR) is 468 cm³/mol. The molecule has 19 heteroatoms. The molecule has 121 heavy (non-hydrogen) atoms. The minimum Gasteiger partial charge on any atom is -0.443 e. The number of pyridine rings is 3. The molecule has 0 bridgehead atoms. The molecule has 8 saturated heterocycles. The highest BCUT2D eigenvalue weighted by molar-refractivity contribution is 5.83. The van der Waals surface area contributed by atoms with Crippen LogP contribution in [0.4, 0.5) is 4.79 Å². The minimum absolute atomic E-state index is 0.0265. The molecule has 0 radical (unpaired) electrons. The minimum atomic E-state index is -0.197. The summed E-state index contributed by atoms with van der Waals surface area (Å²) in [5.41, 5.74) is 33.0. The third kappa shape index (κ3) is 14.8. The van der Waals surface area contributed by atoms with Crippen molar-refractivity contribution in [3.05, 3.63) is 262 Å². The van der Waals surface area contributed by atoms with E-state index in [1.165, 1.54) is 137 Å². The number of aryl methyl sites for hydroxylation is 8. The summed E-state index contributed by atoms with van der Waals surface area (Å²) in [7, 11) is 15.6. The van der Waals surface area contributed by atoms with Crippen molar-refractivity contribution in [2.45, 2.75) is 219 Å². The van der Waals surface area contributed by atoms with Crippen LogP contribution >= 0.6 is 0 Å². The Morgan fingerprint density at radius 2 is 0.645 bits per heavy atom. The number of likely N-dealkylation sites (N-methyl/N-ethyl adjacent to an activating group) is 1. The first-order valence-electron chi connectivity index (χ1n) is 44.5. The number of piperidine rings is 1. The topological polar surface area (TPSA) is 193 Å². The summed E-state index contributed by atoms with van der Waals surface area (Å²) in [6, 6.07) is 39.4. The lowest BCUT2D eigenvalue weighted by atomic mass is 9.79. The van der Waals surface area contributed by atoms with E-state index in [1.54, 1.807) is 16.0 Å². The first-order chi connectivity index (χ1) is 58.0. The van der Waals surface area contributed by atoms with Gasteiger partial charge in [0.2, 0.25) is 35.4 Å². The van der Waals surface area contributed by atoms with Gasteiger partial charge in [-0.2, -0.15) is 0 Å². The van der Waals surface area contributed by atoms with Gasteiger partial charge in [-0.3, -0.25) is 48.6 Å². The highest BCUT2D eigenvalue weighted by Crippen LogP contribution is 2.54.